The Hall–Kier alpha value is -1.05. The summed E-state index contributed by atoms with van der Waals surface area (Å²) in [5, 5.41) is 0. The van der Waals surface area contributed by atoms with E-state index in [1.54, 1.807) is 0 Å². The highest BCUT2D eigenvalue weighted by atomic mass is 19.1. The van der Waals surface area contributed by atoms with Crippen molar-refractivity contribution in [2.75, 3.05) is 5.73 Å². The van der Waals surface area contributed by atoms with Gasteiger partial charge in [0.05, 0.1) is 0 Å². The van der Waals surface area contributed by atoms with Crippen LogP contribution in [0.25, 0.3) is 0 Å². The largest absolute Gasteiger partial charge is 0.398 e. The molecule has 1 aromatic rings. The molecule has 0 heterocycles. The van der Waals surface area contributed by atoms with Gasteiger partial charge in [0.25, 0.3) is 0 Å². The average Bonchev–Trinajstić information content (AvgIpc) is 2.01. The summed E-state index contributed by atoms with van der Waals surface area (Å²) in [5.41, 5.74) is 7.67. The Labute approximate surface area is 71.4 Å². The summed E-state index contributed by atoms with van der Waals surface area (Å²) in [6, 6.07) is 7.73. The monoisotopic (exact) mass is 165 g/mol. The number of nitrogens with two attached hydrogens (primary N) is 1. The molecule has 0 aromatic heterocycles. The molecule has 0 unspecified atom stereocenters. The fourth-order valence-electron chi connectivity index (χ4n) is 1.69. The minimum absolute atomic E-state index is 0.362. The maximum Gasteiger partial charge on any atom is 0.101 e. The quantitative estimate of drug-likeness (QED) is 0.635. The molecule has 0 saturated heterocycles. The lowest BCUT2D eigenvalue weighted by atomic mass is 9.78. The van der Waals surface area contributed by atoms with Crippen molar-refractivity contribution in [3.05, 3.63) is 29.8 Å². The van der Waals surface area contributed by atoms with Gasteiger partial charge in [0.15, 0.2) is 0 Å². The maximum absolute atomic E-state index is 12.5. The molecular formula is C10H12FN. The van der Waals surface area contributed by atoms with Gasteiger partial charge in [0, 0.05) is 5.69 Å². The van der Waals surface area contributed by atoms with E-state index < -0.39 is 6.17 Å². The van der Waals surface area contributed by atoms with E-state index in [4.69, 9.17) is 5.73 Å². The van der Waals surface area contributed by atoms with Gasteiger partial charge >= 0.3 is 0 Å². The highest BCUT2D eigenvalue weighted by molar-refractivity contribution is 5.49. The van der Waals surface area contributed by atoms with Gasteiger partial charge in [0.1, 0.15) is 6.17 Å². The first-order valence-corrected chi connectivity index (χ1v) is 4.26. The second-order valence-electron chi connectivity index (χ2n) is 3.39. The molecule has 1 saturated carbocycles. The van der Waals surface area contributed by atoms with Crippen LogP contribution in [0.4, 0.5) is 10.1 Å². The van der Waals surface area contributed by atoms with E-state index in [0.717, 1.165) is 11.3 Å². The van der Waals surface area contributed by atoms with Gasteiger partial charge in [-0.2, -0.15) is 0 Å². The molecule has 1 aliphatic carbocycles. The van der Waals surface area contributed by atoms with Crippen molar-refractivity contribution in [1.29, 1.82) is 0 Å². The van der Waals surface area contributed by atoms with E-state index in [9.17, 15) is 4.39 Å². The molecule has 0 amide bonds. The minimum atomic E-state index is -0.602. The highest BCUT2D eigenvalue weighted by Crippen LogP contribution is 2.40. The van der Waals surface area contributed by atoms with Crippen molar-refractivity contribution in [2.45, 2.75) is 24.9 Å². The smallest absolute Gasteiger partial charge is 0.101 e. The number of anilines is 1. The van der Waals surface area contributed by atoms with E-state index in [1.807, 2.05) is 24.3 Å². The van der Waals surface area contributed by atoms with Gasteiger partial charge in [-0.1, -0.05) is 18.2 Å². The lowest BCUT2D eigenvalue weighted by Crippen LogP contribution is -2.23. The summed E-state index contributed by atoms with van der Waals surface area (Å²) in [4.78, 5) is 0. The van der Waals surface area contributed by atoms with E-state index in [1.165, 1.54) is 0 Å². The number of hydrogen-bond acceptors (Lipinski definition) is 1. The zero-order valence-corrected chi connectivity index (χ0v) is 6.83. The zero-order valence-electron chi connectivity index (χ0n) is 6.83. The van der Waals surface area contributed by atoms with Gasteiger partial charge in [-0.25, -0.2) is 4.39 Å². The molecule has 1 aromatic carbocycles. The summed E-state index contributed by atoms with van der Waals surface area (Å²) in [6.07, 6.45) is 0.692. The van der Waals surface area contributed by atoms with E-state index in [0.29, 0.717) is 18.8 Å². The Bertz CT molecular complexity index is 279. The van der Waals surface area contributed by atoms with Gasteiger partial charge in [-0.3, -0.25) is 0 Å². The topological polar surface area (TPSA) is 26.0 Å². The number of alkyl halides is 1. The highest BCUT2D eigenvalue weighted by Gasteiger charge is 2.30. The lowest BCUT2D eigenvalue weighted by Gasteiger charge is -2.30. The molecule has 2 N–H and O–H groups in total. The van der Waals surface area contributed by atoms with Crippen LogP contribution in [-0.4, -0.2) is 6.17 Å². The van der Waals surface area contributed by atoms with Crippen molar-refractivity contribution >= 4 is 5.69 Å². The molecular weight excluding hydrogens is 153 g/mol. The fraction of sp³-hybridized carbons (Fsp3) is 0.400. The van der Waals surface area contributed by atoms with Gasteiger partial charge in [0.2, 0.25) is 0 Å². The van der Waals surface area contributed by atoms with Crippen molar-refractivity contribution < 1.29 is 4.39 Å². The van der Waals surface area contributed by atoms with Crippen LogP contribution in [0.2, 0.25) is 0 Å². The summed E-state index contributed by atoms with van der Waals surface area (Å²) in [7, 11) is 0. The van der Waals surface area contributed by atoms with Gasteiger partial charge in [-0.05, 0) is 30.4 Å². The summed E-state index contributed by atoms with van der Waals surface area (Å²) in [6.45, 7) is 0. The molecule has 0 aliphatic heterocycles. The SMILES string of the molecule is Nc1ccccc1C1CC(F)C1. The molecule has 1 aliphatic rings. The molecule has 2 heteroatoms. The zero-order chi connectivity index (χ0) is 8.55. The second-order valence-corrected chi connectivity index (χ2v) is 3.39. The Balaban J connectivity index is 2.18. The number of hydrogen-bond donors (Lipinski definition) is 1. The number of halogens is 1. The predicted octanol–water partition coefficient (Wildman–Crippen LogP) is 2.48. The first-order valence-electron chi connectivity index (χ1n) is 4.26. The normalized spacial score (nSPS) is 28.1. The van der Waals surface area contributed by atoms with Crippen molar-refractivity contribution in [3.8, 4) is 0 Å². The number of para-hydroxylation sites is 1. The fourth-order valence-corrected chi connectivity index (χ4v) is 1.69. The molecule has 1 nitrogen and oxygen atoms in total. The van der Waals surface area contributed by atoms with Crippen LogP contribution in [0, 0.1) is 0 Å². The van der Waals surface area contributed by atoms with Crippen LogP contribution in [0.3, 0.4) is 0 Å². The minimum Gasteiger partial charge on any atom is -0.398 e. The van der Waals surface area contributed by atoms with Crippen LogP contribution in [0.5, 0.6) is 0 Å². The standard InChI is InChI=1S/C10H12FN/c11-8-5-7(6-8)9-3-1-2-4-10(9)12/h1-4,7-8H,5-6,12H2. The van der Waals surface area contributed by atoms with Gasteiger partial charge in [-0.15, -0.1) is 0 Å². The van der Waals surface area contributed by atoms with E-state index in [2.05, 4.69) is 0 Å². The van der Waals surface area contributed by atoms with Crippen molar-refractivity contribution in [3.63, 3.8) is 0 Å². The number of benzene rings is 1. The number of nitrogen functional groups attached to an aromatic ring is 1. The molecule has 0 spiro atoms. The Morgan fingerprint density at radius 3 is 2.50 bits per heavy atom. The van der Waals surface area contributed by atoms with Crippen LogP contribution in [-0.2, 0) is 0 Å². The first kappa shape index (κ1) is 7.59. The third-order valence-electron chi connectivity index (χ3n) is 2.52. The molecule has 12 heavy (non-hydrogen) atoms. The third-order valence-corrected chi connectivity index (χ3v) is 2.52. The van der Waals surface area contributed by atoms with Crippen molar-refractivity contribution in [1.82, 2.24) is 0 Å². The lowest BCUT2D eigenvalue weighted by molar-refractivity contribution is 0.179. The first-order chi connectivity index (χ1) is 5.77. The molecule has 0 bridgehead atoms. The third kappa shape index (κ3) is 1.17. The predicted molar refractivity (Wildman–Crippen MR) is 47.7 cm³/mol. The average molecular weight is 165 g/mol. The van der Waals surface area contributed by atoms with E-state index in [-0.39, 0.29) is 0 Å². The van der Waals surface area contributed by atoms with Crippen LogP contribution < -0.4 is 5.73 Å². The Kier molecular flexibility index (Phi) is 1.75. The second kappa shape index (κ2) is 2.77. The van der Waals surface area contributed by atoms with Crippen LogP contribution in [0.1, 0.15) is 24.3 Å². The van der Waals surface area contributed by atoms with Crippen molar-refractivity contribution in [2.24, 2.45) is 0 Å². The number of rotatable bonds is 1. The summed E-state index contributed by atoms with van der Waals surface area (Å²) >= 11 is 0. The van der Waals surface area contributed by atoms with E-state index >= 15 is 0 Å². The molecule has 0 radical (unpaired) electrons. The molecule has 0 atom stereocenters. The van der Waals surface area contributed by atoms with Gasteiger partial charge < -0.3 is 5.73 Å². The van der Waals surface area contributed by atoms with Crippen LogP contribution in [0.15, 0.2) is 24.3 Å². The molecule has 1 fully saturated rings. The summed E-state index contributed by atoms with van der Waals surface area (Å²) < 4.78 is 12.5. The summed E-state index contributed by atoms with van der Waals surface area (Å²) in [5.74, 6) is 0.362. The molecule has 64 valence electrons. The maximum atomic E-state index is 12.5. The molecule has 2 rings (SSSR count). The van der Waals surface area contributed by atoms with Crippen LogP contribution >= 0.6 is 0 Å². The Morgan fingerprint density at radius 1 is 1.25 bits per heavy atom. The Morgan fingerprint density at radius 2 is 1.92 bits per heavy atom.